The molecule has 1 amide bonds. The first-order valence-electron chi connectivity index (χ1n) is 16.2. The topological polar surface area (TPSA) is 41.9 Å². The molecular formula is C37H54N2O2. The quantitative estimate of drug-likeness (QED) is 0.161. The van der Waals surface area contributed by atoms with Crippen molar-refractivity contribution in [1.29, 1.82) is 0 Å². The summed E-state index contributed by atoms with van der Waals surface area (Å²) < 4.78 is 6.02. The lowest BCUT2D eigenvalue weighted by molar-refractivity contribution is -0.116. The van der Waals surface area contributed by atoms with Gasteiger partial charge in [0.25, 0.3) is 0 Å². The number of rotatable bonds is 19. The summed E-state index contributed by atoms with van der Waals surface area (Å²) >= 11 is 0. The van der Waals surface area contributed by atoms with Gasteiger partial charge in [0.15, 0.2) is 0 Å². The molecule has 0 N–H and O–H groups in total. The standard InChI is InChI=1S/C37H54N2O2/c1-5-6-7-8-9-10-11-12-13-14-15-18-25-41-35-23-21-33(22-24-35)29-39(32(3)40)36-20-17-16-19-34(36)27-37(4)26-31(2)28-38-30-37/h16-17,19-24,26,28H,5-15,18,25,27,29-30H2,1-4H3. The van der Waals surface area contributed by atoms with Crippen molar-refractivity contribution >= 4 is 17.8 Å². The highest BCUT2D eigenvalue weighted by Crippen LogP contribution is 2.33. The molecule has 0 aliphatic carbocycles. The first-order valence-corrected chi connectivity index (χ1v) is 16.2. The first kappa shape index (κ1) is 32.6. The second kappa shape index (κ2) is 17.8. The van der Waals surface area contributed by atoms with E-state index in [9.17, 15) is 4.79 Å². The van der Waals surface area contributed by atoms with Gasteiger partial charge in [0.05, 0.1) is 13.2 Å². The van der Waals surface area contributed by atoms with E-state index >= 15 is 0 Å². The van der Waals surface area contributed by atoms with Crippen molar-refractivity contribution in [3.63, 3.8) is 0 Å². The molecule has 4 nitrogen and oxygen atoms in total. The van der Waals surface area contributed by atoms with E-state index in [2.05, 4.69) is 62.2 Å². The van der Waals surface area contributed by atoms with Crippen molar-refractivity contribution in [1.82, 2.24) is 0 Å². The van der Waals surface area contributed by atoms with Crippen LogP contribution in [0.25, 0.3) is 0 Å². The Balaban J connectivity index is 1.42. The molecule has 1 atom stereocenters. The Morgan fingerprint density at radius 1 is 0.878 bits per heavy atom. The number of benzene rings is 2. The maximum atomic E-state index is 12.8. The largest absolute Gasteiger partial charge is 0.494 e. The van der Waals surface area contributed by atoms with Gasteiger partial charge >= 0.3 is 0 Å². The Hall–Kier alpha value is -2.88. The highest BCUT2D eigenvalue weighted by molar-refractivity contribution is 5.92. The molecule has 1 aliphatic heterocycles. The number of allylic oxidation sites excluding steroid dienone is 1. The van der Waals surface area contributed by atoms with Crippen molar-refractivity contribution in [2.75, 3.05) is 18.1 Å². The first-order chi connectivity index (χ1) is 19.9. The van der Waals surface area contributed by atoms with Crippen molar-refractivity contribution in [3.05, 3.63) is 71.3 Å². The van der Waals surface area contributed by atoms with Gasteiger partial charge in [-0.3, -0.25) is 9.79 Å². The number of amides is 1. The fourth-order valence-corrected chi connectivity index (χ4v) is 5.87. The van der Waals surface area contributed by atoms with Crippen LogP contribution in [-0.2, 0) is 17.8 Å². The maximum absolute atomic E-state index is 12.8. The Labute approximate surface area is 250 Å². The number of aliphatic imine (C=N–C) groups is 1. The highest BCUT2D eigenvalue weighted by atomic mass is 16.5. The molecule has 0 saturated heterocycles. The number of nitrogens with zero attached hydrogens (tertiary/aromatic N) is 2. The van der Waals surface area contributed by atoms with Crippen LogP contribution in [0.15, 0.2) is 65.2 Å². The number of para-hydroxylation sites is 1. The van der Waals surface area contributed by atoms with Gasteiger partial charge in [0.1, 0.15) is 5.75 Å². The lowest BCUT2D eigenvalue weighted by atomic mass is 9.80. The zero-order valence-corrected chi connectivity index (χ0v) is 26.3. The molecule has 0 spiro atoms. The smallest absolute Gasteiger partial charge is 0.224 e. The van der Waals surface area contributed by atoms with E-state index in [4.69, 9.17) is 4.74 Å². The van der Waals surface area contributed by atoms with Crippen LogP contribution >= 0.6 is 0 Å². The molecule has 0 radical (unpaired) electrons. The van der Waals surface area contributed by atoms with Gasteiger partial charge in [0.2, 0.25) is 5.91 Å². The Bertz CT molecular complexity index is 1100. The Morgan fingerprint density at radius 2 is 1.49 bits per heavy atom. The van der Waals surface area contributed by atoms with Crippen LogP contribution in [0.1, 0.15) is 116 Å². The van der Waals surface area contributed by atoms with Gasteiger partial charge in [-0.1, -0.05) is 121 Å². The second-order valence-corrected chi connectivity index (χ2v) is 12.3. The van der Waals surface area contributed by atoms with E-state index < -0.39 is 0 Å². The summed E-state index contributed by atoms with van der Waals surface area (Å²) in [6.45, 7) is 10.3. The average molecular weight is 559 g/mol. The fraction of sp³-hybridized carbons (Fsp3) is 0.568. The number of carbonyl (C=O) groups is 1. The van der Waals surface area contributed by atoms with Gasteiger partial charge in [0, 0.05) is 30.8 Å². The van der Waals surface area contributed by atoms with E-state index in [0.717, 1.165) is 43.0 Å². The number of anilines is 1. The van der Waals surface area contributed by atoms with Crippen LogP contribution < -0.4 is 9.64 Å². The van der Waals surface area contributed by atoms with Crippen LogP contribution in [0.3, 0.4) is 0 Å². The molecule has 2 aromatic carbocycles. The lowest BCUT2D eigenvalue weighted by Crippen LogP contribution is -2.30. The zero-order chi connectivity index (χ0) is 29.3. The number of hydrogen-bond donors (Lipinski definition) is 0. The monoisotopic (exact) mass is 558 g/mol. The van der Waals surface area contributed by atoms with Crippen molar-refractivity contribution < 1.29 is 9.53 Å². The van der Waals surface area contributed by atoms with Crippen LogP contribution in [-0.4, -0.2) is 25.3 Å². The molecule has 0 bridgehead atoms. The third-order valence-corrected chi connectivity index (χ3v) is 8.11. The van der Waals surface area contributed by atoms with Crippen LogP contribution in [0.2, 0.25) is 0 Å². The fourth-order valence-electron chi connectivity index (χ4n) is 5.87. The molecule has 1 aliphatic rings. The van der Waals surface area contributed by atoms with E-state index in [1.165, 1.54) is 81.8 Å². The van der Waals surface area contributed by atoms with E-state index in [0.29, 0.717) is 6.54 Å². The molecule has 0 aromatic heterocycles. The summed E-state index contributed by atoms with van der Waals surface area (Å²) in [5.41, 5.74) is 4.39. The van der Waals surface area contributed by atoms with Crippen molar-refractivity contribution in [2.45, 2.75) is 118 Å². The van der Waals surface area contributed by atoms with E-state index in [-0.39, 0.29) is 11.3 Å². The number of hydrogen-bond acceptors (Lipinski definition) is 3. The summed E-state index contributed by atoms with van der Waals surface area (Å²) in [7, 11) is 0. The number of unbranched alkanes of at least 4 members (excludes halogenated alkanes) is 11. The van der Waals surface area contributed by atoms with Gasteiger partial charge in [-0.25, -0.2) is 0 Å². The van der Waals surface area contributed by atoms with Gasteiger partial charge in [-0.15, -0.1) is 0 Å². The minimum atomic E-state index is -0.0517. The molecule has 1 heterocycles. The lowest BCUT2D eigenvalue weighted by Gasteiger charge is -2.31. The Morgan fingerprint density at radius 3 is 2.10 bits per heavy atom. The third-order valence-electron chi connectivity index (χ3n) is 8.11. The zero-order valence-electron chi connectivity index (χ0n) is 26.3. The average Bonchev–Trinajstić information content (AvgIpc) is 2.95. The number of ether oxygens (including phenoxy) is 1. The Kier molecular flexibility index (Phi) is 14.2. The summed E-state index contributed by atoms with van der Waals surface area (Å²) in [6.07, 6.45) is 21.3. The summed E-state index contributed by atoms with van der Waals surface area (Å²) in [5, 5.41) is 0. The second-order valence-electron chi connectivity index (χ2n) is 12.3. The van der Waals surface area contributed by atoms with Gasteiger partial charge in [-0.2, -0.15) is 0 Å². The normalized spacial score (nSPS) is 16.4. The molecule has 4 heteroatoms. The molecule has 0 saturated carbocycles. The summed E-state index contributed by atoms with van der Waals surface area (Å²) in [5.74, 6) is 0.947. The van der Waals surface area contributed by atoms with Crippen LogP contribution in [0.5, 0.6) is 5.75 Å². The van der Waals surface area contributed by atoms with Crippen LogP contribution in [0, 0.1) is 5.41 Å². The predicted octanol–water partition coefficient (Wildman–Crippen LogP) is 9.90. The van der Waals surface area contributed by atoms with Crippen LogP contribution in [0.4, 0.5) is 5.69 Å². The molecule has 224 valence electrons. The van der Waals surface area contributed by atoms with Crippen molar-refractivity contribution in [3.8, 4) is 5.75 Å². The molecular weight excluding hydrogens is 504 g/mol. The van der Waals surface area contributed by atoms with Gasteiger partial charge in [-0.05, 0) is 54.7 Å². The third kappa shape index (κ3) is 11.9. The molecule has 3 rings (SSSR count). The predicted molar refractivity (Wildman–Crippen MR) is 175 cm³/mol. The molecule has 2 aromatic rings. The summed E-state index contributed by atoms with van der Waals surface area (Å²) in [6, 6.07) is 16.5. The number of carbonyl (C=O) groups excluding carboxylic acids is 1. The SMILES string of the molecule is CCCCCCCCCCCCCCOc1ccc(CN(C(C)=O)c2ccccc2CC2(C)C=C(C)C=NC2)cc1. The molecule has 1 unspecified atom stereocenters. The number of dihydropyridines is 1. The highest BCUT2D eigenvalue weighted by Gasteiger charge is 2.26. The van der Waals surface area contributed by atoms with Gasteiger partial charge < -0.3 is 9.64 Å². The summed E-state index contributed by atoms with van der Waals surface area (Å²) in [4.78, 5) is 19.3. The minimum absolute atomic E-state index is 0.0447. The minimum Gasteiger partial charge on any atom is -0.494 e. The van der Waals surface area contributed by atoms with Crippen molar-refractivity contribution in [2.24, 2.45) is 10.4 Å². The van der Waals surface area contributed by atoms with E-state index in [1.807, 2.05) is 29.3 Å². The molecule has 0 fully saturated rings. The van der Waals surface area contributed by atoms with E-state index in [1.54, 1.807) is 6.92 Å². The molecule has 41 heavy (non-hydrogen) atoms. The maximum Gasteiger partial charge on any atom is 0.224 e.